The number of primary amides is 1. The maximum atomic E-state index is 14.5. The van der Waals surface area contributed by atoms with Crippen LogP contribution in [-0.4, -0.2) is 148 Å². The number of nitrogens with one attached hydrogen (secondary N) is 9. The zero-order valence-electron chi connectivity index (χ0n) is 38.0. The first-order valence-corrected chi connectivity index (χ1v) is 23.4. The second kappa shape index (κ2) is 23.5. The topological polar surface area (TPSA) is 358 Å². The molecule has 2 unspecified atom stereocenters. The minimum atomic E-state index is -1.69. The van der Waals surface area contributed by atoms with Gasteiger partial charge in [0.25, 0.3) is 0 Å². The molecule has 4 heterocycles. The van der Waals surface area contributed by atoms with E-state index in [-0.39, 0.29) is 37.5 Å². The number of anilines is 1. The number of aromatic amines is 1. The predicted molar refractivity (Wildman–Crippen MR) is 244 cm³/mol. The molecule has 0 saturated carbocycles. The highest BCUT2D eigenvalue weighted by atomic mass is 32.2. The number of aliphatic hydroxyl groups is 1. The quantitative estimate of drug-likeness (QED) is 0.114. The van der Waals surface area contributed by atoms with Gasteiger partial charge in [0.2, 0.25) is 59.1 Å². The molecule has 67 heavy (non-hydrogen) atoms. The van der Waals surface area contributed by atoms with Gasteiger partial charge in [-0.15, -0.1) is 11.8 Å². The number of thioether (sulfide) groups is 1. The van der Waals surface area contributed by atoms with Crippen LogP contribution in [0.5, 0.6) is 0 Å². The maximum absolute atomic E-state index is 14.5. The number of H-pyrrole nitrogens is 1. The van der Waals surface area contributed by atoms with Gasteiger partial charge in [0.15, 0.2) is 0 Å². The number of hydrogen-bond acceptors (Lipinski definition) is 13. The number of rotatable bonds is 10. The lowest BCUT2D eigenvalue weighted by Crippen LogP contribution is -2.61. The first-order valence-electron chi connectivity index (χ1n) is 22.4. The lowest BCUT2D eigenvalue weighted by Gasteiger charge is -2.32. The summed E-state index contributed by atoms with van der Waals surface area (Å²) < 4.78 is 0. The fourth-order valence-corrected chi connectivity index (χ4v) is 9.13. The summed E-state index contributed by atoms with van der Waals surface area (Å²) in [6, 6.07) is -3.55. The summed E-state index contributed by atoms with van der Waals surface area (Å²) in [6.07, 6.45) is -1.14. The van der Waals surface area contributed by atoms with Crippen LogP contribution in [0.4, 0.5) is 5.69 Å². The van der Waals surface area contributed by atoms with Crippen LogP contribution in [0.25, 0.3) is 10.9 Å². The second-order valence-corrected chi connectivity index (χ2v) is 18.2. The van der Waals surface area contributed by atoms with E-state index in [9.17, 15) is 53.1 Å². The molecule has 14 N–H and O–H groups in total. The van der Waals surface area contributed by atoms with Gasteiger partial charge < -0.3 is 69.0 Å². The Labute approximate surface area is 390 Å². The third-order valence-corrected chi connectivity index (χ3v) is 13.3. The average molecular weight is 955 g/mol. The Morgan fingerprint density at radius 1 is 0.836 bits per heavy atom. The van der Waals surface area contributed by atoms with E-state index >= 15 is 0 Å². The summed E-state index contributed by atoms with van der Waals surface area (Å²) in [5.41, 5.74) is 12.5. The Bertz CT molecular complexity index is 2240. The van der Waals surface area contributed by atoms with Crippen LogP contribution >= 0.6 is 11.8 Å². The monoisotopic (exact) mass is 954 g/mol. The highest BCUT2D eigenvalue weighted by Gasteiger charge is 2.44. The average Bonchev–Trinajstić information content (AvgIpc) is 3.85. The number of fused-ring (bicyclic) bond motifs is 5. The summed E-state index contributed by atoms with van der Waals surface area (Å²) in [5, 5.41) is 32.6. The Morgan fingerprint density at radius 3 is 2.15 bits per heavy atom. The van der Waals surface area contributed by atoms with E-state index in [1.807, 2.05) is 0 Å². The molecule has 2 aromatic rings. The number of aromatic nitrogens is 1. The molecule has 2 bridgehead atoms. The van der Waals surface area contributed by atoms with Gasteiger partial charge in [-0.3, -0.25) is 47.9 Å². The molecular weight excluding hydrogens is 893 g/mol. The zero-order valence-corrected chi connectivity index (χ0v) is 38.8. The van der Waals surface area contributed by atoms with Crippen LogP contribution in [0.15, 0.2) is 23.2 Å². The van der Waals surface area contributed by atoms with Crippen molar-refractivity contribution in [3.8, 4) is 0 Å². The number of nitrogens with zero attached hydrogens (tertiary/aromatic N) is 1. The van der Waals surface area contributed by atoms with Crippen molar-refractivity contribution in [1.29, 1.82) is 0 Å². The van der Waals surface area contributed by atoms with Crippen LogP contribution in [0.1, 0.15) is 71.8 Å². The van der Waals surface area contributed by atoms with E-state index in [1.54, 1.807) is 45.9 Å². The van der Waals surface area contributed by atoms with Gasteiger partial charge in [0.05, 0.1) is 30.6 Å². The van der Waals surface area contributed by atoms with Crippen molar-refractivity contribution in [2.75, 3.05) is 37.2 Å². The molecule has 23 nitrogen and oxygen atoms in total. The Balaban J connectivity index is 1.71. The summed E-state index contributed by atoms with van der Waals surface area (Å²) in [4.78, 5) is 142. The number of benzene rings is 1. The third-order valence-electron chi connectivity index (χ3n) is 12.2. The molecule has 366 valence electrons. The van der Waals surface area contributed by atoms with Gasteiger partial charge in [-0.2, -0.15) is 0 Å². The van der Waals surface area contributed by atoms with Crippen molar-refractivity contribution in [2.45, 2.75) is 120 Å². The Hall–Kier alpha value is -6.27. The van der Waals surface area contributed by atoms with Gasteiger partial charge in [-0.05, 0) is 48.6 Å². The number of amides is 10. The molecule has 9 atom stereocenters. The summed E-state index contributed by atoms with van der Waals surface area (Å²) in [6.45, 7) is 5.57. The maximum Gasteiger partial charge on any atom is 0.246 e. The third kappa shape index (κ3) is 13.4. The van der Waals surface area contributed by atoms with Crippen LogP contribution < -0.4 is 54.0 Å². The van der Waals surface area contributed by atoms with Crippen LogP contribution in [-0.2, 0) is 54.4 Å². The molecule has 5 rings (SSSR count). The second-order valence-electron chi connectivity index (χ2n) is 17.2. The first-order chi connectivity index (χ1) is 31.8. The fourth-order valence-electron chi connectivity index (χ4n) is 8.01. The molecule has 1 fully saturated rings. The largest absolute Gasteiger partial charge is 0.391 e. The molecule has 1 aromatic heterocycles. The van der Waals surface area contributed by atoms with E-state index < -0.39 is 127 Å². The number of aliphatic hydroxyl groups excluding tert-OH is 1. The van der Waals surface area contributed by atoms with Crippen LogP contribution in [0.2, 0.25) is 0 Å². The highest BCUT2D eigenvalue weighted by molar-refractivity contribution is 7.99. The molecule has 1 saturated heterocycles. The lowest BCUT2D eigenvalue weighted by atomic mass is 9.96. The molecule has 0 radical (unpaired) electrons. The fraction of sp³-hybridized carbons (Fsp3) is 0.581. The first kappa shape index (κ1) is 51.7. The summed E-state index contributed by atoms with van der Waals surface area (Å²) >= 11 is 1.01. The van der Waals surface area contributed by atoms with Crippen molar-refractivity contribution in [3.05, 3.63) is 23.8 Å². The van der Waals surface area contributed by atoms with E-state index in [2.05, 4.69) is 47.5 Å². The summed E-state index contributed by atoms with van der Waals surface area (Å²) in [7, 11) is 0. The van der Waals surface area contributed by atoms with Gasteiger partial charge in [-0.25, -0.2) is 0 Å². The van der Waals surface area contributed by atoms with Gasteiger partial charge in [-0.1, -0.05) is 40.5 Å². The van der Waals surface area contributed by atoms with E-state index in [0.717, 1.165) is 16.7 Å². The van der Waals surface area contributed by atoms with Crippen molar-refractivity contribution in [3.63, 3.8) is 0 Å². The van der Waals surface area contributed by atoms with E-state index in [1.165, 1.54) is 0 Å². The van der Waals surface area contributed by atoms with Crippen LogP contribution in [0, 0.1) is 11.8 Å². The molecule has 24 heteroatoms. The number of carbonyl (C=O) groups is 10. The summed E-state index contributed by atoms with van der Waals surface area (Å²) in [5.74, 6) is -9.33. The standard InChI is InChI=1S/C43H62N12O11S/c1-5-20(3)35-40(64)47-16-33(59)49-29-19-67-42-25(24-12-22(9-10-26(24)52-42)48-32(58)8-7-11-44)14-27(37(61)46-17-34(60)53-35)50-41(65)36(21(4)6-2)54-39(63)30-13-23(56)18-55(30)43(66)28(15-31(45)57)51-38(29)62/h9-10,12,20-21,23,27-30,35-36,52,56H,5-8,11,13-19,44H2,1-4H3,(H2,45,57)(H,46,61)(H,47,64)(H,48,58)(H,49,59)(H,50,65)(H,51,62)(H,53,60)(H,54,63)/t20-,21?,23+,27?,28-,29-,30-,35-,36-/m0/s1. The van der Waals surface area contributed by atoms with Crippen molar-refractivity contribution >= 4 is 87.4 Å². The molecule has 3 aliphatic heterocycles. The smallest absolute Gasteiger partial charge is 0.246 e. The minimum Gasteiger partial charge on any atom is -0.391 e. The zero-order chi connectivity index (χ0) is 49.1. The SMILES string of the molecule is CCC(C)[C@@H]1NC(=O)[C@@H]2C[C@@H](O)CN2C(=O)[C@H](CC(N)=O)NC(=O)[C@@H]2CSc3[nH]c4ccc(NC(=O)CCCN)cc4c3CC(NC1=O)C(=O)NCC(=O)N[C@@H]([C@@H](C)CC)C(=O)NCC(=O)N2. The van der Waals surface area contributed by atoms with Crippen molar-refractivity contribution in [2.24, 2.45) is 23.3 Å². The number of hydrogen-bond donors (Lipinski definition) is 12. The molecule has 1 aromatic carbocycles. The molecule has 10 amide bonds. The highest BCUT2D eigenvalue weighted by Crippen LogP contribution is 2.34. The normalized spacial score (nSPS) is 26.1. The predicted octanol–water partition coefficient (Wildman–Crippen LogP) is -2.91. The molecule has 0 spiro atoms. The van der Waals surface area contributed by atoms with Crippen LogP contribution in [0.3, 0.4) is 0 Å². The Kier molecular flexibility index (Phi) is 18.1. The van der Waals surface area contributed by atoms with Crippen molar-refractivity contribution < 1.29 is 53.1 Å². The van der Waals surface area contributed by atoms with Gasteiger partial charge in [0, 0.05) is 48.2 Å². The molecule has 3 aliphatic rings. The van der Waals surface area contributed by atoms with Crippen molar-refractivity contribution in [1.82, 2.24) is 47.1 Å². The lowest BCUT2D eigenvalue weighted by molar-refractivity contribution is -0.143. The number of carbonyl (C=O) groups excluding carboxylic acids is 10. The Morgan fingerprint density at radius 2 is 1.49 bits per heavy atom. The van der Waals surface area contributed by atoms with E-state index in [4.69, 9.17) is 11.5 Å². The van der Waals surface area contributed by atoms with E-state index in [0.29, 0.717) is 53.0 Å². The minimum absolute atomic E-state index is 0.146. The van der Waals surface area contributed by atoms with Gasteiger partial charge in [0.1, 0.15) is 36.3 Å². The molecular formula is C43H62N12O11S. The van der Waals surface area contributed by atoms with Gasteiger partial charge >= 0.3 is 0 Å². The number of nitrogens with two attached hydrogens (primary N) is 2. The molecule has 0 aliphatic carbocycles.